The van der Waals surface area contributed by atoms with E-state index >= 15 is 0 Å². The van der Waals surface area contributed by atoms with Gasteiger partial charge < -0.3 is 18.9 Å². The van der Waals surface area contributed by atoms with Gasteiger partial charge in [-0.1, -0.05) is 32.6 Å². The van der Waals surface area contributed by atoms with Crippen LogP contribution in [-0.4, -0.2) is 84.4 Å². The van der Waals surface area contributed by atoms with E-state index in [2.05, 4.69) is 4.52 Å². The first kappa shape index (κ1) is 55.8. The second-order valence-electron chi connectivity index (χ2n) is 9.61. The Kier molecular flexibility index (Phi) is 18.5. The van der Waals surface area contributed by atoms with E-state index in [-0.39, 0.29) is 72.0 Å². The zero-order valence-corrected chi connectivity index (χ0v) is 30.6. The van der Waals surface area contributed by atoms with Gasteiger partial charge >= 0.3 is 128 Å². The first-order chi connectivity index (χ1) is 21.1. The number of phosphoric ester groups is 1. The molecule has 1 unspecified atom stereocenters. The van der Waals surface area contributed by atoms with Gasteiger partial charge in [-0.25, -0.2) is 8.42 Å². The van der Waals surface area contributed by atoms with Crippen LogP contribution in [0.3, 0.4) is 0 Å². The molecule has 0 aliphatic rings. The number of sulfonamides is 1. The molecule has 0 aliphatic carbocycles. The quantitative estimate of drug-likeness (QED) is 0.0630. The molecular formula is C18H16F22NNa2O6PS. The van der Waals surface area contributed by atoms with E-state index in [1.807, 2.05) is 0 Å². The Morgan fingerprint density at radius 3 is 1.20 bits per heavy atom. The molecule has 296 valence electrons. The summed E-state index contributed by atoms with van der Waals surface area (Å²) < 4.78 is 332. The molecule has 7 nitrogen and oxygen atoms in total. The van der Waals surface area contributed by atoms with Crippen molar-refractivity contribution in [1.82, 2.24) is 4.53 Å². The molecular weight excluding hydrogens is 853 g/mol. The van der Waals surface area contributed by atoms with Crippen LogP contribution in [0.4, 0.5) is 96.7 Å². The number of phosphoric acid groups is 1. The zero-order chi connectivity index (χ0) is 40.1. The molecule has 33 heteroatoms. The third-order valence-electron chi connectivity index (χ3n) is 6.07. The van der Waals surface area contributed by atoms with Crippen molar-refractivity contribution in [3.63, 3.8) is 0 Å². The van der Waals surface area contributed by atoms with Crippen molar-refractivity contribution in [3.8, 4) is 0 Å². The number of hydrogen-bond acceptors (Lipinski definition) is 6. The van der Waals surface area contributed by atoms with Crippen molar-refractivity contribution in [1.29, 1.82) is 0 Å². The van der Waals surface area contributed by atoms with Gasteiger partial charge in [-0.05, 0) is 10.9 Å². The average molecular weight is 869 g/mol. The second-order valence-corrected chi connectivity index (χ2v) is 12.6. The minimum absolute atomic E-state index is 0. The molecule has 0 rings (SSSR count). The molecule has 0 N–H and O–H groups in total. The predicted octanol–water partition coefficient (Wildman–Crippen LogP) is 0.933. The standard InChI is InChI=1S/C18H18F22NO6PS.2Na/c1-2-3-4-5-6-8(47-48(42,43)44)7-41(40)49(45,46)18(38,39)16(33,34)14(29,30)12(25,26)10(21,22)9(19,20)11(23,24)13(27,28)15(31,32)17(35,36)37;;/h8H,2-7H2,1H3,(H2,42,43,44);;/q;2*+1/p-2. The van der Waals surface area contributed by atoms with Crippen molar-refractivity contribution >= 4 is 17.8 Å². The molecule has 0 fully saturated rings. The summed E-state index contributed by atoms with van der Waals surface area (Å²) in [6.07, 6.45) is -12.0. The molecule has 0 saturated carbocycles. The Morgan fingerprint density at radius 2 is 0.902 bits per heavy atom. The molecule has 0 aromatic heterocycles. The third kappa shape index (κ3) is 9.55. The predicted molar refractivity (Wildman–Crippen MR) is 109 cm³/mol. The van der Waals surface area contributed by atoms with Crippen LogP contribution in [0.1, 0.15) is 39.0 Å². The Morgan fingerprint density at radius 1 is 0.588 bits per heavy atom. The van der Waals surface area contributed by atoms with Gasteiger partial charge in [0.15, 0.2) is 0 Å². The molecule has 0 bridgehead atoms. The summed E-state index contributed by atoms with van der Waals surface area (Å²) in [6, 6.07) is 0. The van der Waals surface area contributed by atoms with E-state index < -0.39 is 107 Å². The van der Waals surface area contributed by atoms with Crippen molar-refractivity contribution in [2.45, 2.75) is 104 Å². The van der Waals surface area contributed by atoms with Crippen LogP contribution >= 0.6 is 7.82 Å². The van der Waals surface area contributed by atoms with Gasteiger partial charge in [0.05, 0.1) is 20.5 Å². The van der Waals surface area contributed by atoms with Crippen LogP contribution in [0, 0.1) is 0 Å². The van der Waals surface area contributed by atoms with E-state index in [9.17, 15) is 119 Å². The maximum atomic E-state index is 14.2. The number of hydrogen-bond donors (Lipinski definition) is 0. The molecule has 0 heterocycles. The zero-order valence-electron chi connectivity index (χ0n) is 24.9. The average Bonchev–Trinajstić information content (AvgIpc) is 2.88. The SMILES string of the molecule is CCCCCCC(CN(F)S(=O)(=O)C(F)(F)C(F)(F)C(F)(F)C(F)(F)C(F)(F)C(F)(F)C(F)(F)C(F)(F)C(F)(F)C(F)(F)F)OP(=O)([O-])[O-].[Na+].[Na+]. The van der Waals surface area contributed by atoms with Gasteiger partial charge in [-0.2, -0.15) is 92.2 Å². The Bertz CT molecular complexity index is 1310. The Labute approximate surface area is 314 Å². The van der Waals surface area contributed by atoms with E-state index in [0.29, 0.717) is 6.42 Å². The Hall–Kier alpha value is 0.480. The molecule has 1 atom stereocenters. The van der Waals surface area contributed by atoms with E-state index in [4.69, 9.17) is 0 Å². The summed E-state index contributed by atoms with van der Waals surface area (Å²) in [5.74, 6) is -74.0. The summed E-state index contributed by atoms with van der Waals surface area (Å²) in [5.41, 5.74) is 0. The van der Waals surface area contributed by atoms with Crippen LogP contribution in [0.25, 0.3) is 0 Å². The van der Waals surface area contributed by atoms with Crippen molar-refractivity contribution in [2.24, 2.45) is 0 Å². The van der Waals surface area contributed by atoms with E-state index in [0.717, 1.165) is 0 Å². The number of unbranched alkanes of at least 4 members (excludes halogenated alkanes) is 3. The van der Waals surface area contributed by atoms with Crippen LogP contribution in [0.15, 0.2) is 0 Å². The molecule has 0 aromatic carbocycles. The molecule has 0 saturated heterocycles. The van der Waals surface area contributed by atoms with Crippen LogP contribution in [0.2, 0.25) is 0 Å². The monoisotopic (exact) mass is 869 g/mol. The molecule has 0 radical (unpaired) electrons. The first-order valence-corrected chi connectivity index (χ1v) is 14.8. The first-order valence-electron chi connectivity index (χ1n) is 11.9. The minimum atomic E-state index is -9.56. The normalized spacial score (nSPS) is 16.1. The molecule has 0 aromatic rings. The van der Waals surface area contributed by atoms with E-state index in [1.165, 1.54) is 6.92 Å². The number of halogens is 22. The van der Waals surface area contributed by atoms with Gasteiger partial charge in [-0.3, -0.25) is 0 Å². The fourth-order valence-corrected chi connectivity index (χ4v) is 4.85. The summed E-state index contributed by atoms with van der Waals surface area (Å²) >= 11 is 0. The maximum Gasteiger partial charge on any atom is 1.00 e. The van der Waals surface area contributed by atoms with Gasteiger partial charge in [0.25, 0.3) is 0 Å². The molecule has 51 heavy (non-hydrogen) atoms. The number of alkyl halides is 21. The van der Waals surface area contributed by atoms with E-state index in [1.54, 1.807) is 0 Å². The topological polar surface area (TPSA) is 110 Å². The third-order valence-corrected chi connectivity index (χ3v) is 8.20. The molecule has 0 amide bonds. The maximum absolute atomic E-state index is 14.2. The smallest absolute Gasteiger partial charge is 0.790 e. The van der Waals surface area contributed by atoms with Gasteiger partial charge in [-0.15, -0.1) is 4.48 Å². The van der Waals surface area contributed by atoms with Gasteiger partial charge in [0.1, 0.15) is 0 Å². The molecule has 0 aliphatic heterocycles. The minimum Gasteiger partial charge on any atom is -0.790 e. The summed E-state index contributed by atoms with van der Waals surface area (Å²) in [6.45, 7) is -1.22. The number of nitrogens with zero attached hydrogens (tertiary/aromatic N) is 1. The largest absolute Gasteiger partial charge is 1.00 e. The van der Waals surface area contributed by atoms with Crippen molar-refractivity contribution in [3.05, 3.63) is 0 Å². The summed E-state index contributed by atoms with van der Waals surface area (Å²) in [7, 11) is -14.9. The number of rotatable bonds is 19. The molecule has 0 spiro atoms. The summed E-state index contributed by atoms with van der Waals surface area (Å²) in [4.78, 5) is 21.5. The second kappa shape index (κ2) is 16.9. The van der Waals surface area contributed by atoms with Gasteiger partial charge in [0, 0.05) is 0 Å². The van der Waals surface area contributed by atoms with Crippen LogP contribution < -0.4 is 68.9 Å². The van der Waals surface area contributed by atoms with Crippen molar-refractivity contribution < 1.29 is 183 Å². The summed E-state index contributed by atoms with van der Waals surface area (Å²) in [5, 5.41) is -8.41. The van der Waals surface area contributed by atoms with Crippen LogP contribution in [-0.2, 0) is 19.1 Å². The fourth-order valence-electron chi connectivity index (χ4n) is 3.25. The van der Waals surface area contributed by atoms with Gasteiger partial charge in [0.2, 0.25) is 0 Å². The fraction of sp³-hybridized carbons (Fsp3) is 1.00. The Balaban J connectivity index is -0.0000115. The van der Waals surface area contributed by atoms with Crippen molar-refractivity contribution in [2.75, 3.05) is 6.54 Å². The van der Waals surface area contributed by atoms with Crippen LogP contribution in [0.5, 0.6) is 0 Å².